The number of para-hydroxylation sites is 1. The third kappa shape index (κ3) is 2.99. The predicted octanol–water partition coefficient (Wildman–Crippen LogP) is 3.31. The fourth-order valence-corrected chi connectivity index (χ4v) is 3.13. The van der Waals surface area contributed by atoms with E-state index in [9.17, 15) is 8.42 Å². The smallest absolute Gasteiger partial charge is 0.263 e. The Morgan fingerprint density at radius 2 is 1.90 bits per heavy atom. The quantitative estimate of drug-likeness (QED) is 0.939. The number of pyridine rings is 1. The minimum absolute atomic E-state index is 0.165. The fourth-order valence-electron chi connectivity index (χ4n) is 2.01. The molecule has 0 unspecified atom stereocenters. The third-order valence-corrected chi connectivity index (χ3v) is 4.44. The molecule has 0 aliphatic heterocycles. The zero-order chi connectivity index (χ0) is 14.8. The van der Waals surface area contributed by atoms with Crippen LogP contribution in [0.4, 0.5) is 5.69 Å². The molecule has 2 aromatic rings. The highest BCUT2D eigenvalue weighted by Gasteiger charge is 2.18. The number of benzene rings is 1. The molecular weight excluding hydrogens is 272 g/mol. The first-order chi connectivity index (χ1) is 9.42. The van der Waals surface area contributed by atoms with Gasteiger partial charge in [0, 0.05) is 12.4 Å². The van der Waals surface area contributed by atoms with Crippen molar-refractivity contribution in [1.82, 2.24) is 4.98 Å². The normalized spacial score (nSPS) is 11.6. The summed E-state index contributed by atoms with van der Waals surface area (Å²) >= 11 is 0. The molecule has 1 N–H and O–H groups in total. The van der Waals surface area contributed by atoms with Gasteiger partial charge in [-0.15, -0.1) is 0 Å². The van der Waals surface area contributed by atoms with Gasteiger partial charge >= 0.3 is 0 Å². The molecule has 1 aromatic carbocycles. The standard InChI is InChI=1S/C15H18N2O2S/c1-11(2)14-8-4-6-12(3)15(14)17-20(18,19)13-7-5-9-16-10-13/h4-11,17H,1-3H3. The molecule has 0 saturated carbocycles. The van der Waals surface area contributed by atoms with Gasteiger partial charge in [-0.05, 0) is 36.1 Å². The van der Waals surface area contributed by atoms with Gasteiger partial charge < -0.3 is 0 Å². The summed E-state index contributed by atoms with van der Waals surface area (Å²) in [6.07, 6.45) is 2.89. The Bertz CT molecular complexity index is 695. The molecule has 2 rings (SSSR count). The van der Waals surface area contributed by atoms with Crippen molar-refractivity contribution in [3.63, 3.8) is 0 Å². The van der Waals surface area contributed by atoms with E-state index in [4.69, 9.17) is 0 Å². The second-order valence-electron chi connectivity index (χ2n) is 4.99. The van der Waals surface area contributed by atoms with Gasteiger partial charge in [0.15, 0.2) is 0 Å². The fraction of sp³-hybridized carbons (Fsp3) is 0.267. The van der Waals surface area contributed by atoms with Crippen LogP contribution in [0.15, 0.2) is 47.6 Å². The molecule has 0 spiro atoms. The molecular formula is C15H18N2O2S. The van der Waals surface area contributed by atoms with Crippen molar-refractivity contribution in [2.24, 2.45) is 0 Å². The summed E-state index contributed by atoms with van der Waals surface area (Å²) in [7, 11) is -3.60. The number of nitrogens with zero attached hydrogens (tertiary/aromatic N) is 1. The highest BCUT2D eigenvalue weighted by Crippen LogP contribution is 2.29. The highest BCUT2D eigenvalue weighted by atomic mass is 32.2. The average molecular weight is 290 g/mol. The minimum Gasteiger partial charge on any atom is -0.279 e. The summed E-state index contributed by atoms with van der Waals surface area (Å²) in [4.78, 5) is 4.02. The van der Waals surface area contributed by atoms with E-state index >= 15 is 0 Å². The van der Waals surface area contributed by atoms with Crippen molar-refractivity contribution in [3.8, 4) is 0 Å². The summed E-state index contributed by atoms with van der Waals surface area (Å²) in [5.74, 6) is 0.237. The Morgan fingerprint density at radius 3 is 2.50 bits per heavy atom. The van der Waals surface area contributed by atoms with E-state index in [-0.39, 0.29) is 10.8 Å². The van der Waals surface area contributed by atoms with Gasteiger partial charge in [-0.2, -0.15) is 0 Å². The molecule has 0 aliphatic rings. The lowest BCUT2D eigenvalue weighted by molar-refractivity contribution is 0.600. The summed E-state index contributed by atoms with van der Waals surface area (Å²) in [5, 5.41) is 0. The monoisotopic (exact) mass is 290 g/mol. The maximum Gasteiger partial charge on any atom is 0.263 e. The molecule has 1 heterocycles. The van der Waals surface area contributed by atoms with E-state index in [1.807, 2.05) is 39.0 Å². The molecule has 0 fully saturated rings. The van der Waals surface area contributed by atoms with Crippen LogP contribution >= 0.6 is 0 Å². The molecule has 0 aliphatic carbocycles. The molecule has 0 saturated heterocycles. The van der Waals surface area contributed by atoms with E-state index in [1.54, 1.807) is 12.3 Å². The number of hydrogen-bond donors (Lipinski definition) is 1. The van der Waals surface area contributed by atoms with Crippen LogP contribution in [0, 0.1) is 6.92 Å². The van der Waals surface area contributed by atoms with Gasteiger partial charge in [-0.1, -0.05) is 32.0 Å². The summed E-state index contributed by atoms with van der Waals surface area (Å²) < 4.78 is 27.4. The van der Waals surface area contributed by atoms with Crippen LogP contribution in [0.1, 0.15) is 30.9 Å². The Morgan fingerprint density at radius 1 is 1.15 bits per heavy atom. The molecule has 106 valence electrons. The van der Waals surface area contributed by atoms with Gasteiger partial charge in [-0.25, -0.2) is 8.42 Å². The topological polar surface area (TPSA) is 59.1 Å². The third-order valence-electron chi connectivity index (χ3n) is 3.11. The number of aromatic nitrogens is 1. The first kappa shape index (κ1) is 14.5. The largest absolute Gasteiger partial charge is 0.279 e. The summed E-state index contributed by atoms with van der Waals surface area (Å²) in [6, 6.07) is 8.91. The van der Waals surface area contributed by atoms with Crippen LogP contribution < -0.4 is 4.72 Å². The number of nitrogens with one attached hydrogen (secondary N) is 1. The lowest BCUT2D eigenvalue weighted by Gasteiger charge is -2.17. The minimum atomic E-state index is -3.60. The SMILES string of the molecule is Cc1cccc(C(C)C)c1NS(=O)(=O)c1cccnc1. The van der Waals surface area contributed by atoms with Gasteiger partial charge in [0.2, 0.25) is 0 Å². The number of hydrogen-bond acceptors (Lipinski definition) is 3. The Balaban J connectivity index is 2.45. The zero-order valence-electron chi connectivity index (χ0n) is 11.8. The maximum atomic E-state index is 12.4. The number of aryl methyl sites for hydroxylation is 1. The molecule has 0 radical (unpaired) electrons. The van der Waals surface area contributed by atoms with Gasteiger partial charge in [0.1, 0.15) is 4.90 Å². The van der Waals surface area contributed by atoms with Crippen LogP contribution in [0.3, 0.4) is 0 Å². The maximum absolute atomic E-state index is 12.4. The molecule has 0 atom stereocenters. The van der Waals surface area contributed by atoms with Crippen molar-refractivity contribution < 1.29 is 8.42 Å². The molecule has 5 heteroatoms. The highest BCUT2D eigenvalue weighted by molar-refractivity contribution is 7.92. The van der Waals surface area contributed by atoms with Gasteiger partial charge in [0.25, 0.3) is 10.0 Å². The first-order valence-electron chi connectivity index (χ1n) is 6.44. The Kier molecular flexibility index (Phi) is 4.09. The van der Waals surface area contributed by atoms with Crippen molar-refractivity contribution in [2.75, 3.05) is 4.72 Å². The van der Waals surface area contributed by atoms with Gasteiger partial charge in [0.05, 0.1) is 5.69 Å². The Hall–Kier alpha value is -1.88. The predicted molar refractivity (Wildman–Crippen MR) is 80.3 cm³/mol. The molecule has 1 aromatic heterocycles. The summed E-state index contributed by atoms with van der Waals surface area (Å²) in [6.45, 7) is 5.97. The second-order valence-corrected chi connectivity index (χ2v) is 6.67. The first-order valence-corrected chi connectivity index (χ1v) is 7.92. The molecule has 0 amide bonds. The van der Waals surface area contributed by atoms with Crippen LogP contribution in [0.25, 0.3) is 0 Å². The van der Waals surface area contributed by atoms with E-state index < -0.39 is 10.0 Å². The Labute approximate surface area is 119 Å². The zero-order valence-corrected chi connectivity index (χ0v) is 12.6. The number of anilines is 1. The van der Waals surface area contributed by atoms with Crippen molar-refractivity contribution in [1.29, 1.82) is 0 Å². The molecule has 0 bridgehead atoms. The van der Waals surface area contributed by atoms with Crippen molar-refractivity contribution in [3.05, 3.63) is 53.9 Å². The van der Waals surface area contributed by atoms with E-state index in [2.05, 4.69) is 9.71 Å². The number of sulfonamides is 1. The van der Waals surface area contributed by atoms with Crippen LogP contribution in [-0.4, -0.2) is 13.4 Å². The number of rotatable bonds is 4. The van der Waals surface area contributed by atoms with E-state index in [1.165, 1.54) is 12.3 Å². The van der Waals surface area contributed by atoms with Gasteiger partial charge in [-0.3, -0.25) is 9.71 Å². The molecule has 20 heavy (non-hydrogen) atoms. The molecule has 4 nitrogen and oxygen atoms in total. The van der Waals surface area contributed by atoms with Crippen molar-refractivity contribution >= 4 is 15.7 Å². The lowest BCUT2D eigenvalue weighted by atomic mass is 9.99. The van der Waals surface area contributed by atoms with Crippen molar-refractivity contribution in [2.45, 2.75) is 31.6 Å². The van der Waals surface area contributed by atoms with Crippen LogP contribution in [0.5, 0.6) is 0 Å². The van der Waals surface area contributed by atoms with Crippen LogP contribution in [-0.2, 0) is 10.0 Å². The van der Waals surface area contributed by atoms with E-state index in [0.717, 1.165) is 11.1 Å². The summed E-state index contributed by atoms with van der Waals surface area (Å²) in [5.41, 5.74) is 2.55. The lowest BCUT2D eigenvalue weighted by Crippen LogP contribution is -2.15. The van der Waals surface area contributed by atoms with Crippen LogP contribution in [0.2, 0.25) is 0 Å². The average Bonchev–Trinajstić information content (AvgIpc) is 2.41. The van der Waals surface area contributed by atoms with E-state index in [0.29, 0.717) is 5.69 Å². The second kappa shape index (κ2) is 5.63.